The number of carbonyl (C=O) groups is 2. The summed E-state index contributed by atoms with van der Waals surface area (Å²) in [5, 5.41) is 16.7. The monoisotopic (exact) mass is 442 g/mol. The fourth-order valence-electron chi connectivity index (χ4n) is 2.75. The van der Waals surface area contributed by atoms with Crippen LogP contribution in [0.1, 0.15) is 63.6 Å². The van der Waals surface area contributed by atoms with E-state index in [1.54, 1.807) is 56.3 Å². The van der Waals surface area contributed by atoms with Crippen LogP contribution < -0.4 is 20.1 Å². The molecule has 0 aliphatic heterocycles. The molecule has 0 saturated carbocycles. The zero-order chi connectivity index (χ0) is 23.9. The van der Waals surface area contributed by atoms with Gasteiger partial charge < -0.3 is 25.2 Å². The number of benzene rings is 2. The van der Waals surface area contributed by atoms with Crippen LogP contribution in [-0.4, -0.2) is 35.7 Å². The van der Waals surface area contributed by atoms with E-state index < -0.39 is 12.1 Å². The third-order valence-corrected chi connectivity index (χ3v) is 4.57. The van der Waals surface area contributed by atoms with Gasteiger partial charge in [-0.2, -0.15) is 0 Å². The number of carbonyl (C=O) groups excluding carboxylic acids is 2. The molecular weight excluding hydrogens is 408 g/mol. The van der Waals surface area contributed by atoms with Gasteiger partial charge in [0.15, 0.2) is 5.75 Å². The topological polar surface area (TPSA) is 96.9 Å². The first-order chi connectivity index (χ1) is 15.0. The first kappa shape index (κ1) is 25.4. The number of hydrogen-bond donors (Lipinski definition) is 3. The van der Waals surface area contributed by atoms with Crippen molar-refractivity contribution in [2.45, 2.75) is 53.2 Å². The molecule has 0 radical (unpaired) electrons. The predicted octanol–water partition coefficient (Wildman–Crippen LogP) is 4.32. The Balaban J connectivity index is 2.28. The van der Waals surface area contributed by atoms with Crippen molar-refractivity contribution >= 4 is 17.6 Å². The maximum absolute atomic E-state index is 12.8. The molecule has 1 atom stereocenters. The number of aliphatic hydroxyl groups is 1. The highest BCUT2D eigenvalue weighted by atomic mass is 16.5. The lowest BCUT2D eigenvalue weighted by atomic mass is 10.0. The molecule has 2 rings (SSSR count). The van der Waals surface area contributed by atoms with Gasteiger partial charge in [0, 0.05) is 17.6 Å². The third-order valence-electron chi connectivity index (χ3n) is 4.57. The van der Waals surface area contributed by atoms with Gasteiger partial charge in [-0.05, 0) is 69.7 Å². The van der Waals surface area contributed by atoms with Gasteiger partial charge in [-0.1, -0.05) is 19.9 Å². The molecule has 0 fully saturated rings. The van der Waals surface area contributed by atoms with E-state index in [4.69, 9.17) is 9.47 Å². The summed E-state index contributed by atoms with van der Waals surface area (Å²) in [5.74, 6) is -0.209. The lowest BCUT2D eigenvalue weighted by Crippen LogP contribution is -2.38. The molecule has 3 N–H and O–H groups in total. The maximum atomic E-state index is 12.8. The van der Waals surface area contributed by atoms with E-state index in [-0.39, 0.29) is 23.1 Å². The number of rotatable bonds is 9. The molecule has 7 heteroatoms. The Morgan fingerprint density at radius 1 is 1.06 bits per heavy atom. The molecule has 0 spiro atoms. The molecule has 0 aliphatic rings. The Morgan fingerprint density at radius 2 is 1.72 bits per heavy atom. The minimum atomic E-state index is -0.801. The molecule has 0 heterocycles. The number of hydrogen-bond acceptors (Lipinski definition) is 6. The fourth-order valence-corrected chi connectivity index (χ4v) is 2.75. The third kappa shape index (κ3) is 7.66. The molecule has 32 heavy (non-hydrogen) atoms. The second-order valence-electron chi connectivity index (χ2n) is 8.89. The van der Waals surface area contributed by atoms with Gasteiger partial charge in [0.05, 0.1) is 24.3 Å². The first-order valence-electron chi connectivity index (χ1n) is 10.8. The average Bonchev–Trinajstić information content (AvgIpc) is 2.73. The molecule has 174 valence electrons. The normalized spacial score (nSPS) is 12.4. The number of ether oxygens (including phenoxy) is 2. The van der Waals surface area contributed by atoms with Crippen LogP contribution in [0, 0.1) is 5.92 Å². The van der Waals surface area contributed by atoms with E-state index in [0.717, 1.165) is 0 Å². The van der Waals surface area contributed by atoms with Crippen molar-refractivity contribution in [3.8, 4) is 11.5 Å². The summed E-state index contributed by atoms with van der Waals surface area (Å²) < 4.78 is 10.9. The zero-order valence-electron chi connectivity index (χ0n) is 19.7. The van der Waals surface area contributed by atoms with Crippen LogP contribution >= 0.6 is 0 Å². The average molecular weight is 443 g/mol. The lowest BCUT2D eigenvalue weighted by Gasteiger charge is -2.23. The largest absolute Gasteiger partial charge is 0.494 e. The molecule has 0 saturated heterocycles. The Hall–Kier alpha value is -2.90. The minimum Gasteiger partial charge on any atom is -0.494 e. The summed E-state index contributed by atoms with van der Waals surface area (Å²) in [4.78, 5) is 25.0. The van der Waals surface area contributed by atoms with Crippen molar-refractivity contribution < 1.29 is 24.2 Å². The van der Waals surface area contributed by atoms with Gasteiger partial charge in [0.1, 0.15) is 5.75 Å². The number of esters is 1. The molecule has 0 bridgehead atoms. The lowest BCUT2D eigenvalue weighted by molar-refractivity contribution is -0.137. The quantitative estimate of drug-likeness (QED) is 0.395. The molecular formula is C25H34N2O5. The SMILES string of the molecule is CCOc1ccc(C(=O)Nc2cc(C(O)CNC(C)(C)C)ccc2OC(=O)C(C)C)cc1. The van der Waals surface area contributed by atoms with E-state index in [9.17, 15) is 14.7 Å². The van der Waals surface area contributed by atoms with Gasteiger partial charge in [-0.25, -0.2) is 0 Å². The minimum absolute atomic E-state index is 0.154. The van der Waals surface area contributed by atoms with Crippen LogP contribution in [-0.2, 0) is 4.79 Å². The number of nitrogens with one attached hydrogen (secondary N) is 2. The highest BCUT2D eigenvalue weighted by molar-refractivity contribution is 6.05. The van der Waals surface area contributed by atoms with Crippen LogP contribution in [0.5, 0.6) is 11.5 Å². The second-order valence-corrected chi connectivity index (χ2v) is 8.89. The molecule has 7 nitrogen and oxygen atoms in total. The van der Waals surface area contributed by atoms with E-state index in [1.807, 2.05) is 27.7 Å². The van der Waals surface area contributed by atoms with Gasteiger partial charge in [0.2, 0.25) is 0 Å². The van der Waals surface area contributed by atoms with Gasteiger partial charge in [-0.3, -0.25) is 9.59 Å². The highest BCUT2D eigenvalue weighted by Gasteiger charge is 2.19. The van der Waals surface area contributed by atoms with E-state index >= 15 is 0 Å². The van der Waals surface area contributed by atoms with Crippen molar-refractivity contribution in [2.24, 2.45) is 5.92 Å². The summed E-state index contributed by atoms with van der Waals surface area (Å²) in [6.07, 6.45) is -0.801. The maximum Gasteiger partial charge on any atom is 0.313 e. The molecule has 0 aliphatic carbocycles. The van der Waals surface area contributed by atoms with Crippen molar-refractivity contribution in [3.63, 3.8) is 0 Å². The molecule has 1 amide bonds. The molecule has 1 unspecified atom stereocenters. The zero-order valence-corrected chi connectivity index (χ0v) is 19.7. The second kappa shape index (κ2) is 11.1. The highest BCUT2D eigenvalue weighted by Crippen LogP contribution is 2.30. The summed E-state index contributed by atoms with van der Waals surface area (Å²) in [5.41, 5.74) is 1.17. The van der Waals surface area contributed by atoms with Crippen LogP contribution in [0.2, 0.25) is 0 Å². The summed E-state index contributed by atoms with van der Waals surface area (Å²) in [6, 6.07) is 11.7. The Kier molecular flexibility index (Phi) is 8.80. The van der Waals surface area contributed by atoms with Gasteiger partial charge in [-0.15, -0.1) is 0 Å². The van der Waals surface area contributed by atoms with Crippen LogP contribution in [0.25, 0.3) is 0 Å². The van der Waals surface area contributed by atoms with Crippen LogP contribution in [0.3, 0.4) is 0 Å². The van der Waals surface area contributed by atoms with Crippen LogP contribution in [0.15, 0.2) is 42.5 Å². The summed E-state index contributed by atoms with van der Waals surface area (Å²) in [7, 11) is 0. The number of anilines is 1. The molecule has 0 aromatic heterocycles. The number of aliphatic hydroxyl groups excluding tert-OH is 1. The van der Waals surface area contributed by atoms with E-state index in [2.05, 4.69) is 10.6 Å². The smallest absolute Gasteiger partial charge is 0.313 e. The molecule has 2 aromatic carbocycles. The Labute approximate surface area is 190 Å². The standard InChI is InChI=1S/C25H34N2O5/c1-7-31-19-11-8-17(9-12-19)23(29)27-20-14-18(21(28)15-26-25(4,5)6)10-13-22(20)32-24(30)16(2)3/h8-14,16,21,26,28H,7,15H2,1-6H3,(H,27,29). The summed E-state index contributed by atoms with van der Waals surface area (Å²) in [6.45, 7) is 12.3. The Bertz CT molecular complexity index is 917. The van der Waals surface area contributed by atoms with Gasteiger partial charge >= 0.3 is 5.97 Å². The van der Waals surface area contributed by atoms with Crippen molar-refractivity contribution in [3.05, 3.63) is 53.6 Å². The predicted molar refractivity (Wildman–Crippen MR) is 125 cm³/mol. The first-order valence-corrected chi connectivity index (χ1v) is 10.8. The number of β-amino-alcohol motifs (C(OH)–C–C–N with tert-alkyl or cyclic N) is 1. The molecule has 2 aromatic rings. The van der Waals surface area contributed by atoms with Crippen molar-refractivity contribution in [1.82, 2.24) is 5.32 Å². The van der Waals surface area contributed by atoms with Gasteiger partial charge in [0.25, 0.3) is 5.91 Å². The summed E-state index contributed by atoms with van der Waals surface area (Å²) >= 11 is 0. The fraction of sp³-hybridized carbons (Fsp3) is 0.440. The van der Waals surface area contributed by atoms with Crippen molar-refractivity contribution in [2.75, 3.05) is 18.5 Å². The van der Waals surface area contributed by atoms with Crippen LogP contribution in [0.4, 0.5) is 5.69 Å². The Morgan fingerprint density at radius 3 is 2.28 bits per heavy atom. The van der Waals surface area contributed by atoms with Crippen molar-refractivity contribution in [1.29, 1.82) is 0 Å². The number of amides is 1. The van der Waals surface area contributed by atoms with E-state index in [0.29, 0.717) is 35.7 Å². The van der Waals surface area contributed by atoms with E-state index in [1.165, 1.54) is 0 Å².